The first-order chi connectivity index (χ1) is 24.6. The van der Waals surface area contributed by atoms with Gasteiger partial charge in [0.2, 0.25) is 0 Å². The first-order valence-electron chi connectivity index (χ1n) is 20.3. The van der Waals surface area contributed by atoms with Crippen LogP contribution in [-0.2, 0) is 24.6 Å². The van der Waals surface area contributed by atoms with E-state index >= 15 is 0 Å². The fourth-order valence-corrected chi connectivity index (χ4v) is 9.11. The van der Waals surface area contributed by atoms with Crippen LogP contribution in [0.2, 0.25) is 0 Å². The van der Waals surface area contributed by atoms with Gasteiger partial charge in [0.25, 0.3) is 5.60 Å². The summed E-state index contributed by atoms with van der Waals surface area (Å²) >= 11 is 0. The number of benzene rings is 2. The van der Waals surface area contributed by atoms with Crippen LogP contribution >= 0.6 is 0 Å². The van der Waals surface area contributed by atoms with Crippen molar-refractivity contribution in [2.45, 2.75) is 159 Å². The lowest BCUT2D eigenvalue weighted by Gasteiger charge is -2.47. The van der Waals surface area contributed by atoms with Crippen molar-refractivity contribution in [2.75, 3.05) is 19.7 Å². The molecular formula is C44H64NO5+. The molecule has 2 aromatic rings. The molecule has 0 radical (unpaired) electrons. The molecule has 3 aliphatic rings. The van der Waals surface area contributed by atoms with Crippen molar-refractivity contribution in [3.05, 3.63) is 83.9 Å². The van der Waals surface area contributed by atoms with Gasteiger partial charge in [-0.25, -0.2) is 9.59 Å². The molecule has 50 heavy (non-hydrogen) atoms. The SMILES string of the molecule is CCCCCCCC/C=C\CCCCCCCCOC(=O)OC(C(=O)OC1CC2CCC(C1)[N+]21CCCC1)(c1ccccc1)c1ccccc1. The molecule has 5 rings (SSSR count). The number of carbonyl (C=O) groups excluding carboxylic acids is 2. The second kappa shape index (κ2) is 20.1. The summed E-state index contributed by atoms with van der Waals surface area (Å²) in [6, 6.07) is 19.7. The predicted octanol–water partition coefficient (Wildman–Crippen LogP) is 11.0. The van der Waals surface area contributed by atoms with Gasteiger partial charge >= 0.3 is 12.1 Å². The van der Waals surface area contributed by atoms with Gasteiger partial charge in [-0.1, -0.05) is 138 Å². The molecule has 2 unspecified atom stereocenters. The van der Waals surface area contributed by atoms with E-state index in [0.29, 0.717) is 23.2 Å². The Balaban J connectivity index is 1.09. The number of unbranched alkanes of at least 4 members (excludes halogenated alkanes) is 12. The summed E-state index contributed by atoms with van der Waals surface area (Å²) in [7, 11) is 0. The highest BCUT2D eigenvalue weighted by Crippen LogP contribution is 2.47. The van der Waals surface area contributed by atoms with E-state index in [1.807, 2.05) is 60.7 Å². The van der Waals surface area contributed by atoms with Crippen LogP contribution in [0, 0.1) is 0 Å². The Labute approximate surface area is 302 Å². The average molecular weight is 687 g/mol. The first-order valence-corrected chi connectivity index (χ1v) is 20.3. The predicted molar refractivity (Wildman–Crippen MR) is 201 cm³/mol. The van der Waals surface area contributed by atoms with Crippen molar-refractivity contribution < 1.29 is 28.3 Å². The van der Waals surface area contributed by atoms with Crippen LogP contribution < -0.4 is 0 Å². The lowest BCUT2D eigenvalue weighted by Crippen LogP contribution is -2.60. The molecule has 2 atom stereocenters. The Kier molecular flexibility index (Phi) is 15.3. The maximum absolute atomic E-state index is 14.5. The van der Waals surface area contributed by atoms with Gasteiger partial charge in [-0.05, 0) is 32.1 Å². The van der Waals surface area contributed by atoms with Crippen LogP contribution in [0.5, 0.6) is 0 Å². The zero-order valence-electron chi connectivity index (χ0n) is 30.9. The Morgan fingerprint density at radius 2 is 1.20 bits per heavy atom. The minimum Gasteiger partial charge on any atom is -0.458 e. The molecule has 0 N–H and O–H groups in total. The molecule has 274 valence electrons. The zero-order chi connectivity index (χ0) is 34.9. The van der Waals surface area contributed by atoms with E-state index in [1.165, 1.54) is 114 Å². The molecule has 2 aromatic carbocycles. The third-order valence-corrected chi connectivity index (χ3v) is 11.8. The number of esters is 1. The van der Waals surface area contributed by atoms with Crippen molar-refractivity contribution in [1.29, 1.82) is 0 Å². The number of quaternary nitrogens is 1. The second-order valence-electron chi connectivity index (χ2n) is 15.2. The molecule has 6 nitrogen and oxygen atoms in total. The molecule has 1 spiro atoms. The molecule has 3 fully saturated rings. The number of piperidine rings is 1. The summed E-state index contributed by atoms with van der Waals surface area (Å²) in [4.78, 5) is 27.9. The lowest BCUT2D eigenvalue weighted by atomic mass is 9.85. The zero-order valence-corrected chi connectivity index (χ0v) is 30.9. The number of allylic oxidation sites excluding steroid dienone is 2. The molecule has 0 saturated carbocycles. The molecule has 0 aromatic heterocycles. The average Bonchev–Trinajstić information content (AvgIpc) is 3.69. The van der Waals surface area contributed by atoms with Gasteiger partial charge in [-0.15, -0.1) is 0 Å². The second-order valence-corrected chi connectivity index (χ2v) is 15.2. The Morgan fingerprint density at radius 1 is 0.700 bits per heavy atom. The molecule has 0 amide bonds. The Bertz CT molecular complexity index is 1250. The third-order valence-electron chi connectivity index (χ3n) is 11.8. The summed E-state index contributed by atoms with van der Waals surface area (Å²) in [6.45, 7) is 5.06. The Hall–Kier alpha value is -3.12. The monoisotopic (exact) mass is 686 g/mol. The smallest absolute Gasteiger partial charge is 0.458 e. The van der Waals surface area contributed by atoms with Crippen LogP contribution in [0.1, 0.15) is 146 Å². The van der Waals surface area contributed by atoms with Gasteiger partial charge in [0.15, 0.2) is 0 Å². The van der Waals surface area contributed by atoms with Crippen molar-refractivity contribution in [2.24, 2.45) is 0 Å². The van der Waals surface area contributed by atoms with Crippen LogP contribution in [0.3, 0.4) is 0 Å². The maximum Gasteiger partial charge on any atom is 0.510 e. The van der Waals surface area contributed by atoms with Crippen molar-refractivity contribution >= 4 is 12.1 Å². The number of rotatable bonds is 21. The van der Waals surface area contributed by atoms with E-state index in [2.05, 4.69) is 19.1 Å². The topological polar surface area (TPSA) is 61.8 Å². The van der Waals surface area contributed by atoms with Crippen LogP contribution in [0.15, 0.2) is 72.8 Å². The van der Waals surface area contributed by atoms with E-state index in [9.17, 15) is 9.59 Å². The lowest BCUT2D eigenvalue weighted by molar-refractivity contribution is -0.956. The van der Waals surface area contributed by atoms with E-state index in [1.54, 1.807) is 0 Å². The standard InChI is InChI=1S/C44H64NO5/c1-2-3-4-5-6-7-8-9-10-11-12-13-14-15-16-25-34-48-43(47)50-44(37-26-19-17-20-27-37,38-28-21-18-22-29-38)42(46)49-41-35-39-30-31-40(36-41)45(39)32-23-24-33-45/h9-10,17-22,26-29,39-41H,2-8,11-16,23-25,30-36H2,1H3/q+1/b10-9-. The molecule has 3 aliphatic heterocycles. The summed E-state index contributed by atoms with van der Waals surface area (Å²) in [5.41, 5.74) is -0.626. The number of hydrogen-bond donors (Lipinski definition) is 0. The fourth-order valence-electron chi connectivity index (χ4n) is 9.11. The largest absolute Gasteiger partial charge is 0.510 e. The third kappa shape index (κ3) is 10.0. The highest BCUT2D eigenvalue weighted by molar-refractivity contribution is 5.88. The summed E-state index contributed by atoms with van der Waals surface area (Å²) < 4.78 is 19.4. The normalized spacial score (nSPS) is 21.1. The molecule has 6 heteroatoms. The summed E-state index contributed by atoms with van der Waals surface area (Å²) in [5.74, 6) is -0.539. The summed E-state index contributed by atoms with van der Waals surface area (Å²) in [5, 5.41) is 0. The molecule has 3 saturated heterocycles. The van der Waals surface area contributed by atoms with Crippen LogP contribution in [-0.4, -0.2) is 54.5 Å². The van der Waals surface area contributed by atoms with Gasteiger partial charge in [0, 0.05) is 49.7 Å². The van der Waals surface area contributed by atoms with Gasteiger partial charge < -0.3 is 18.7 Å². The van der Waals surface area contributed by atoms with Crippen LogP contribution in [0.4, 0.5) is 4.79 Å². The Morgan fingerprint density at radius 3 is 1.74 bits per heavy atom. The van der Waals surface area contributed by atoms with Crippen LogP contribution in [0.25, 0.3) is 0 Å². The van der Waals surface area contributed by atoms with E-state index < -0.39 is 17.7 Å². The molecule has 3 heterocycles. The van der Waals surface area contributed by atoms with Gasteiger partial charge in [0.05, 0.1) is 31.8 Å². The van der Waals surface area contributed by atoms with Crippen molar-refractivity contribution in [1.82, 2.24) is 0 Å². The van der Waals surface area contributed by atoms with E-state index in [4.69, 9.17) is 14.2 Å². The quantitative estimate of drug-likeness (QED) is 0.0566. The van der Waals surface area contributed by atoms with Gasteiger partial charge in [-0.3, -0.25) is 0 Å². The van der Waals surface area contributed by atoms with Crippen molar-refractivity contribution in [3.63, 3.8) is 0 Å². The molecule has 0 aliphatic carbocycles. The highest BCUT2D eigenvalue weighted by atomic mass is 16.7. The maximum atomic E-state index is 14.5. The van der Waals surface area contributed by atoms with Gasteiger partial charge in [0.1, 0.15) is 6.10 Å². The number of carbonyl (C=O) groups is 2. The summed E-state index contributed by atoms with van der Waals surface area (Å²) in [6.07, 6.45) is 27.5. The number of hydrogen-bond acceptors (Lipinski definition) is 5. The van der Waals surface area contributed by atoms with Gasteiger partial charge in [-0.2, -0.15) is 0 Å². The first kappa shape index (κ1) is 38.1. The molecular weight excluding hydrogens is 622 g/mol. The van der Waals surface area contributed by atoms with E-state index in [-0.39, 0.29) is 12.7 Å². The highest BCUT2D eigenvalue weighted by Gasteiger charge is 2.57. The number of ether oxygens (including phenoxy) is 3. The minimum absolute atomic E-state index is 0.183. The number of nitrogens with zero attached hydrogens (tertiary/aromatic N) is 1. The molecule has 2 bridgehead atoms. The van der Waals surface area contributed by atoms with E-state index in [0.717, 1.165) is 32.1 Å². The minimum atomic E-state index is -1.75. The van der Waals surface area contributed by atoms with Crippen molar-refractivity contribution in [3.8, 4) is 0 Å². The fraction of sp³-hybridized carbons (Fsp3) is 0.636.